The topological polar surface area (TPSA) is 40.5 Å². The lowest BCUT2D eigenvalue weighted by atomic mass is 10.1. The number of rotatable bonds is 5. The molecule has 2 N–H and O–H groups in total. The molecule has 0 atom stereocenters. The van der Waals surface area contributed by atoms with Gasteiger partial charge in [-0.25, -0.2) is 8.78 Å². The van der Waals surface area contributed by atoms with E-state index in [0.29, 0.717) is 0 Å². The van der Waals surface area contributed by atoms with Gasteiger partial charge in [-0.3, -0.25) is 0 Å². The Morgan fingerprint density at radius 3 is 1.04 bits per heavy atom. The van der Waals surface area contributed by atoms with Crippen molar-refractivity contribution in [1.29, 1.82) is 0 Å². The average Bonchev–Trinajstić information content (AvgIpc) is 2.37. The van der Waals surface area contributed by atoms with Crippen molar-refractivity contribution in [3.05, 3.63) is 0 Å². The van der Waals surface area contributed by atoms with Gasteiger partial charge in [-0.05, 0) is 0 Å². The van der Waals surface area contributed by atoms with Crippen LogP contribution in [0.4, 0.5) is 57.1 Å². The van der Waals surface area contributed by atoms with E-state index in [1.165, 1.54) is 0 Å². The molecule has 0 aliphatic rings. The fourth-order valence-corrected chi connectivity index (χ4v) is 0.570. The number of hydrogen-bond acceptors (Lipinski definition) is 2. The maximum Gasteiger partial charge on any atom is 0.455 e. The molecule has 0 rings (SSSR count). The highest BCUT2D eigenvalue weighted by molar-refractivity contribution is 4.97. The van der Waals surface area contributed by atoms with Crippen molar-refractivity contribution >= 4 is 0 Å². The molecule has 0 saturated carbocycles. The van der Waals surface area contributed by atoms with Crippen LogP contribution >= 0.6 is 0 Å². The second kappa shape index (κ2) is 7.27. The highest BCUT2D eigenvalue weighted by atomic mass is 19.4. The molecule has 23 heavy (non-hydrogen) atoms. The van der Waals surface area contributed by atoms with Crippen molar-refractivity contribution in [3.63, 3.8) is 0 Å². The molecule has 0 aliphatic carbocycles. The minimum Gasteiger partial charge on any atom is -0.390 e. The summed E-state index contributed by atoms with van der Waals surface area (Å²) in [4.78, 5) is 0. The quantitative estimate of drug-likeness (QED) is 0.717. The van der Waals surface area contributed by atoms with E-state index in [2.05, 4.69) is 0 Å². The van der Waals surface area contributed by atoms with Crippen LogP contribution in [0.5, 0.6) is 0 Å². The molecular weight excluding hydrogens is 375 g/mol. The first-order valence-electron chi connectivity index (χ1n) is 4.89. The van der Waals surface area contributed by atoms with Gasteiger partial charge in [0.05, 0.1) is 0 Å². The van der Waals surface area contributed by atoms with Crippen LogP contribution in [0.15, 0.2) is 0 Å². The van der Waals surface area contributed by atoms with Crippen molar-refractivity contribution in [3.8, 4) is 0 Å². The van der Waals surface area contributed by atoms with Gasteiger partial charge in [-0.1, -0.05) is 0 Å². The van der Waals surface area contributed by atoms with Gasteiger partial charge in [-0.2, -0.15) is 48.3 Å². The third-order valence-electron chi connectivity index (χ3n) is 1.96. The number of alkyl halides is 13. The second-order valence-electron chi connectivity index (χ2n) is 3.72. The lowest BCUT2D eigenvalue weighted by Crippen LogP contribution is -2.58. The largest absolute Gasteiger partial charge is 0.455 e. The van der Waals surface area contributed by atoms with Crippen LogP contribution in [0, 0.1) is 0 Å². The molecule has 0 heterocycles. The Bertz CT molecular complexity index is 361. The summed E-state index contributed by atoms with van der Waals surface area (Å²) in [7, 11) is 0. The Kier molecular flexibility index (Phi) is 7.67. The van der Waals surface area contributed by atoms with Gasteiger partial charge < -0.3 is 10.2 Å². The molecule has 142 valence electrons. The molecule has 0 fully saturated rings. The second-order valence-corrected chi connectivity index (χ2v) is 3.72. The Morgan fingerprint density at radius 2 is 0.913 bits per heavy atom. The summed E-state index contributed by atoms with van der Waals surface area (Å²) in [6, 6.07) is 0. The summed E-state index contributed by atoms with van der Waals surface area (Å²) in [5.74, 6) is -23.1. The first-order valence-corrected chi connectivity index (χ1v) is 4.89. The van der Waals surface area contributed by atoms with E-state index in [9.17, 15) is 57.1 Å². The Morgan fingerprint density at radius 1 is 0.609 bits per heavy atom. The van der Waals surface area contributed by atoms with Gasteiger partial charge in [0, 0.05) is 0 Å². The van der Waals surface area contributed by atoms with Crippen LogP contribution in [-0.2, 0) is 0 Å². The fraction of sp³-hybridized carbons (Fsp3) is 1.00. The minimum absolute atomic E-state index is 2.20. The smallest absolute Gasteiger partial charge is 0.390 e. The zero-order valence-corrected chi connectivity index (χ0v) is 10.3. The molecule has 0 aliphatic heterocycles. The number of aliphatic hydroxyl groups is 2. The van der Waals surface area contributed by atoms with Crippen LogP contribution in [0.25, 0.3) is 0 Å². The fourth-order valence-electron chi connectivity index (χ4n) is 0.570. The van der Waals surface area contributed by atoms with Gasteiger partial charge in [0.2, 0.25) is 0 Å². The molecule has 15 heteroatoms. The van der Waals surface area contributed by atoms with Crippen LogP contribution in [-0.4, -0.2) is 59.7 Å². The highest BCUT2D eigenvalue weighted by Crippen LogP contribution is 2.48. The molecule has 0 saturated heterocycles. The Labute approximate surface area is 118 Å². The van der Waals surface area contributed by atoms with Crippen LogP contribution in [0.3, 0.4) is 0 Å². The van der Waals surface area contributed by atoms with Crippen molar-refractivity contribution in [1.82, 2.24) is 0 Å². The lowest BCUT2D eigenvalue weighted by Gasteiger charge is -2.30. The van der Waals surface area contributed by atoms with Crippen LogP contribution < -0.4 is 0 Å². The summed E-state index contributed by atoms with van der Waals surface area (Å²) in [6.07, 6.45) is -10.6. The molecule has 0 radical (unpaired) electrons. The van der Waals surface area contributed by atoms with Crippen LogP contribution in [0.1, 0.15) is 0 Å². The van der Waals surface area contributed by atoms with Crippen molar-refractivity contribution in [2.45, 2.75) is 36.3 Å². The van der Waals surface area contributed by atoms with E-state index in [-0.39, 0.29) is 0 Å². The van der Waals surface area contributed by atoms with E-state index in [1.807, 2.05) is 0 Å². The zero-order chi connectivity index (χ0) is 19.5. The maximum absolute atomic E-state index is 12.1. The first kappa shape index (κ1) is 24.3. The van der Waals surface area contributed by atoms with E-state index in [0.717, 1.165) is 0 Å². The third-order valence-corrected chi connectivity index (χ3v) is 1.96. The SMILES string of the molecule is OCC(F)(F)C(F)(F)C(F)(F)C(F)F.OCC(F)(F)C(F)(F)F. The lowest BCUT2D eigenvalue weighted by molar-refractivity contribution is -0.343. The van der Waals surface area contributed by atoms with Crippen LogP contribution in [0.2, 0.25) is 0 Å². The Balaban J connectivity index is 0. The summed E-state index contributed by atoms with van der Waals surface area (Å²) in [5, 5.41) is 15.1. The van der Waals surface area contributed by atoms with E-state index in [1.54, 1.807) is 0 Å². The van der Waals surface area contributed by atoms with Gasteiger partial charge in [0.25, 0.3) is 0 Å². The third kappa shape index (κ3) is 5.26. The normalized spacial score (nSPS) is 14.6. The molecular formula is C8H7F13O2. The molecule has 0 aromatic rings. The van der Waals surface area contributed by atoms with Gasteiger partial charge in [-0.15, -0.1) is 0 Å². The predicted octanol–water partition coefficient (Wildman–Crippen LogP) is 3.33. The van der Waals surface area contributed by atoms with Gasteiger partial charge in [0.15, 0.2) is 0 Å². The Hall–Kier alpha value is -0.990. The van der Waals surface area contributed by atoms with Crippen molar-refractivity contribution in [2.75, 3.05) is 13.2 Å². The summed E-state index contributed by atoms with van der Waals surface area (Å²) < 4.78 is 150. The zero-order valence-electron chi connectivity index (χ0n) is 10.3. The number of halogens is 13. The maximum atomic E-state index is 12.1. The molecule has 2 nitrogen and oxygen atoms in total. The minimum atomic E-state index is -6.30. The summed E-state index contributed by atoms with van der Waals surface area (Å²) >= 11 is 0. The molecule has 0 unspecified atom stereocenters. The molecule has 0 spiro atoms. The average molecular weight is 382 g/mol. The molecule has 0 aromatic carbocycles. The van der Waals surface area contributed by atoms with E-state index >= 15 is 0 Å². The van der Waals surface area contributed by atoms with E-state index in [4.69, 9.17) is 10.2 Å². The van der Waals surface area contributed by atoms with E-state index < -0.39 is 49.5 Å². The van der Waals surface area contributed by atoms with Crippen molar-refractivity contribution < 1.29 is 67.3 Å². The molecule has 0 amide bonds. The number of hydrogen-bond donors (Lipinski definition) is 2. The summed E-state index contributed by atoms with van der Waals surface area (Å²) in [5.41, 5.74) is 0. The standard InChI is InChI=1S/C5H4F8O.C3H3F5O/c6-2(7)4(10,11)5(12,13)3(8,9)1-14;4-2(5,1-9)3(6,7)8/h2,14H,1H2;9H,1H2. The molecule has 0 aromatic heterocycles. The molecule has 0 bridgehead atoms. The predicted molar refractivity (Wildman–Crippen MR) is 46.0 cm³/mol. The summed E-state index contributed by atoms with van der Waals surface area (Å²) in [6.45, 7) is -4.85. The van der Waals surface area contributed by atoms with Gasteiger partial charge in [0.1, 0.15) is 13.2 Å². The highest BCUT2D eigenvalue weighted by Gasteiger charge is 2.75. The van der Waals surface area contributed by atoms with Gasteiger partial charge >= 0.3 is 36.3 Å². The monoisotopic (exact) mass is 382 g/mol. The van der Waals surface area contributed by atoms with Crippen molar-refractivity contribution in [2.24, 2.45) is 0 Å². The number of aliphatic hydroxyl groups excluding tert-OH is 2. The first-order chi connectivity index (χ1) is 9.81.